The topological polar surface area (TPSA) is 56.6 Å². The van der Waals surface area contributed by atoms with Crippen LogP contribution < -0.4 is 4.74 Å². The van der Waals surface area contributed by atoms with E-state index in [4.69, 9.17) is 9.47 Å². The number of ether oxygens (including phenoxy) is 2. The molecule has 1 saturated heterocycles. The maximum Gasteiger partial charge on any atom is 0.257 e. The number of piperidine rings is 1. The first-order valence-electron chi connectivity index (χ1n) is 8.54. The number of benzene rings is 1. The van der Waals surface area contributed by atoms with Crippen LogP contribution in [0.5, 0.6) is 5.75 Å². The van der Waals surface area contributed by atoms with Crippen LogP contribution in [0.4, 0.5) is 0 Å². The second kappa shape index (κ2) is 7.27. The molecule has 3 rings (SSSR count). The molecular formula is C19H25N3O3. The largest absolute Gasteiger partial charge is 0.491 e. The van der Waals surface area contributed by atoms with Crippen LogP contribution in [0, 0.1) is 6.92 Å². The predicted octanol–water partition coefficient (Wildman–Crippen LogP) is 2.43. The van der Waals surface area contributed by atoms with Crippen molar-refractivity contribution >= 4 is 5.91 Å². The van der Waals surface area contributed by atoms with Gasteiger partial charge in [0.15, 0.2) is 0 Å². The summed E-state index contributed by atoms with van der Waals surface area (Å²) >= 11 is 0. The maximum atomic E-state index is 12.7. The van der Waals surface area contributed by atoms with Gasteiger partial charge >= 0.3 is 0 Å². The Morgan fingerprint density at radius 2 is 2.24 bits per heavy atom. The third-order valence-electron chi connectivity index (χ3n) is 4.70. The molecule has 1 amide bonds. The molecule has 0 aliphatic carbocycles. The molecule has 1 aromatic heterocycles. The maximum absolute atomic E-state index is 12.7. The zero-order valence-electron chi connectivity index (χ0n) is 15.1. The minimum atomic E-state index is -0.486. The molecule has 0 spiro atoms. The van der Waals surface area contributed by atoms with E-state index in [9.17, 15) is 4.79 Å². The van der Waals surface area contributed by atoms with Gasteiger partial charge in [0.05, 0.1) is 18.3 Å². The van der Waals surface area contributed by atoms with Crippen LogP contribution in [0.2, 0.25) is 0 Å². The lowest BCUT2D eigenvalue weighted by atomic mass is 9.93. The molecule has 0 N–H and O–H groups in total. The third kappa shape index (κ3) is 4.02. The highest BCUT2D eigenvalue weighted by molar-refractivity contribution is 5.93. The molecule has 1 aromatic carbocycles. The van der Waals surface area contributed by atoms with Gasteiger partial charge in [-0.1, -0.05) is 12.1 Å². The molecule has 0 bridgehead atoms. The summed E-state index contributed by atoms with van der Waals surface area (Å²) in [4.78, 5) is 14.5. The lowest BCUT2D eigenvalue weighted by Gasteiger charge is -2.41. The van der Waals surface area contributed by atoms with Crippen LogP contribution in [0.1, 0.15) is 28.8 Å². The fraction of sp³-hybridized carbons (Fsp3) is 0.474. The van der Waals surface area contributed by atoms with Gasteiger partial charge in [0.1, 0.15) is 18.0 Å². The number of aromatic nitrogens is 2. The predicted molar refractivity (Wildman–Crippen MR) is 94.8 cm³/mol. The van der Waals surface area contributed by atoms with Gasteiger partial charge in [0.2, 0.25) is 0 Å². The van der Waals surface area contributed by atoms with E-state index in [0.717, 1.165) is 30.7 Å². The molecule has 0 unspecified atom stereocenters. The summed E-state index contributed by atoms with van der Waals surface area (Å²) in [6.45, 7) is 3.70. The van der Waals surface area contributed by atoms with Crippen molar-refractivity contribution in [3.8, 4) is 5.75 Å². The Labute approximate surface area is 148 Å². The first kappa shape index (κ1) is 17.5. The van der Waals surface area contributed by atoms with Crippen LogP contribution in [0.25, 0.3) is 0 Å². The second-order valence-electron chi connectivity index (χ2n) is 6.73. The number of aryl methyl sites for hydroxylation is 2. The van der Waals surface area contributed by atoms with Gasteiger partial charge in [-0.15, -0.1) is 0 Å². The van der Waals surface area contributed by atoms with Crippen molar-refractivity contribution in [1.29, 1.82) is 0 Å². The molecule has 0 radical (unpaired) electrons. The highest BCUT2D eigenvalue weighted by Gasteiger charge is 2.38. The molecule has 6 heteroatoms. The molecular weight excluding hydrogens is 318 g/mol. The zero-order valence-corrected chi connectivity index (χ0v) is 15.1. The molecule has 25 heavy (non-hydrogen) atoms. The average molecular weight is 343 g/mol. The van der Waals surface area contributed by atoms with E-state index >= 15 is 0 Å². The SMILES string of the molecule is CO[C@@]1(COc2cccc(C)c2)CCCN(C(=O)c2cnn(C)c2)C1. The van der Waals surface area contributed by atoms with E-state index < -0.39 is 5.60 Å². The Kier molecular flexibility index (Phi) is 5.08. The smallest absolute Gasteiger partial charge is 0.257 e. The summed E-state index contributed by atoms with van der Waals surface area (Å²) in [5, 5.41) is 4.09. The second-order valence-corrected chi connectivity index (χ2v) is 6.73. The lowest BCUT2D eigenvalue weighted by molar-refractivity contribution is -0.0825. The van der Waals surface area contributed by atoms with Crippen molar-refractivity contribution in [1.82, 2.24) is 14.7 Å². The van der Waals surface area contributed by atoms with Gasteiger partial charge in [-0.05, 0) is 37.5 Å². The van der Waals surface area contributed by atoms with Crippen molar-refractivity contribution in [2.24, 2.45) is 7.05 Å². The molecule has 6 nitrogen and oxygen atoms in total. The Balaban J connectivity index is 1.69. The van der Waals surface area contributed by atoms with Gasteiger partial charge < -0.3 is 14.4 Å². The number of hydrogen-bond acceptors (Lipinski definition) is 4. The number of amides is 1. The number of likely N-dealkylation sites (tertiary alicyclic amines) is 1. The summed E-state index contributed by atoms with van der Waals surface area (Å²) in [6.07, 6.45) is 5.10. The summed E-state index contributed by atoms with van der Waals surface area (Å²) in [7, 11) is 3.50. The number of carbonyl (C=O) groups excluding carboxylic acids is 1. The monoisotopic (exact) mass is 343 g/mol. The number of methoxy groups -OCH3 is 1. The van der Waals surface area contributed by atoms with Gasteiger partial charge in [-0.2, -0.15) is 5.10 Å². The van der Waals surface area contributed by atoms with E-state index in [1.54, 1.807) is 24.2 Å². The van der Waals surface area contributed by atoms with Crippen molar-refractivity contribution < 1.29 is 14.3 Å². The Hall–Kier alpha value is -2.34. The Bertz CT molecular complexity index is 743. The van der Waals surface area contributed by atoms with E-state index in [1.165, 1.54) is 0 Å². The van der Waals surface area contributed by atoms with E-state index in [2.05, 4.69) is 5.10 Å². The van der Waals surface area contributed by atoms with Gasteiger partial charge in [0.25, 0.3) is 5.91 Å². The van der Waals surface area contributed by atoms with Gasteiger partial charge in [-0.25, -0.2) is 0 Å². The number of rotatable bonds is 5. The summed E-state index contributed by atoms with van der Waals surface area (Å²) in [5.41, 5.74) is 1.27. The van der Waals surface area contributed by atoms with Crippen LogP contribution in [0.3, 0.4) is 0 Å². The lowest BCUT2D eigenvalue weighted by Crippen LogP contribution is -2.54. The molecule has 1 aliphatic heterocycles. The molecule has 0 saturated carbocycles. The fourth-order valence-electron chi connectivity index (χ4n) is 3.25. The van der Waals surface area contributed by atoms with Crippen molar-refractivity contribution in [2.45, 2.75) is 25.4 Å². The third-order valence-corrected chi connectivity index (χ3v) is 4.70. The Morgan fingerprint density at radius 1 is 1.40 bits per heavy atom. The van der Waals surface area contributed by atoms with E-state index in [1.807, 2.05) is 43.1 Å². The molecule has 1 aliphatic rings. The minimum absolute atomic E-state index is 0.00946. The van der Waals surface area contributed by atoms with Crippen LogP contribution >= 0.6 is 0 Å². The van der Waals surface area contributed by atoms with E-state index in [0.29, 0.717) is 18.7 Å². The quantitative estimate of drug-likeness (QED) is 0.837. The molecule has 2 aromatic rings. The fourth-order valence-corrected chi connectivity index (χ4v) is 3.25. The van der Waals surface area contributed by atoms with Crippen molar-refractivity contribution in [3.63, 3.8) is 0 Å². The van der Waals surface area contributed by atoms with Crippen LogP contribution in [-0.4, -0.2) is 53.0 Å². The van der Waals surface area contributed by atoms with Gasteiger partial charge in [0, 0.05) is 26.9 Å². The number of nitrogens with zero attached hydrogens (tertiary/aromatic N) is 3. The molecule has 1 atom stereocenters. The minimum Gasteiger partial charge on any atom is -0.491 e. The van der Waals surface area contributed by atoms with E-state index in [-0.39, 0.29) is 5.91 Å². The standard InChI is InChI=1S/C19H25N3O3/c1-15-6-4-7-17(10-15)25-14-19(24-3)8-5-9-22(13-19)18(23)16-11-20-21(2)12-16/h4,6-7,10-12H,5,8-9,13-14H2,1-3H3/t19-/m0/s1. The van der Waals surface area contributed by atoms with Crippen LogP contribution in [0.15, 0.2) is 36.7 Å². The van der Waals surface area contributed by atoms with Crippen molar-refractivity contribution in [2.75, 3.05) is 26.8 Å². The zero-order chi connectivity index (χ0) is 17.9. The number of hydrogen-bond donors (Lipinski definition) is 0. The van der Waals surface area contributed by atoms with Gasteiger partial charge in [-0.3, -0.25) is 9.48 Å². The summed E-state index contributed by atoms with van der Waals surface area (Å²) in [5.74, 6) is 0.817. The first-order valence-corrected chi connectivity index (χ1v) is 8.54. The molecule has 134 valence electrons. The molecule has 1 fully saturated rings. The average Bonchev–Trinajstić information content (AvgIpc) is 3.06. The highest BCUT2D eigenvalue weighted by Crippen LogP contribution is 2.27. The number of carbonyl (C=O) groups is 1. The first-order chi connectivity index (χ1) is 12.0. The van der Waals surface area contributed by atoms with Crippen LogP contribution in [-0.2, 0) is 11.8 Å². The Morgan fingerprint density at radius 3 is 2.92 bits per heavy atom. The normalized spacial score (nSPS) is 20.5. The van der Waals surface area contributed by atoms with Crippen molar-refractivity contribution in [3.05, 3.63) is 47.8 Å². The highest BCUT2D eigenvalue weighted by atomic mass is 16.5. The summed E-state index contributed by atoms with van der Waals surface area (Å²) in [6, 6.07) is 7.96. The summed E-state index contributed by atoms with van der Waals surface area (Å²) < 4.78 is 13.4. The molecule has 2 heterocycles.